The van der Waals surface area contributed by atoms with E-state index in [-0.39, 0.29) is 17.9 Å². The lowest BCUT2D eigenvalue weighted by Gasteiger charge is -2.23. The van der Waals surface area contributed by atoms with Crippen molar-refractivity contribution in [3.8, 4) is 0 Å². The van der Waals surface area contributed by atoms with E-state index >= 15 is 0 Å². The lowest BCUT2D eigenvalue weighted by atomic mass is 10.1. The number of oxazole rings is 1. The van der Waals surface area contributed by atoms with Gasteiger partial charge in [0, 0.05) is 18.0 Å². The Morgan fingerprint density at radius 3 is 2.96 bits per heavy atom. The summed E-state index contributed by atoms with van der Waals surface area (Å²) < 4.78 is 11.2. The van der Waals surface area contributed by atoms with Crippen LogP contribution in [0, 0.1) is 0 Å². The molecule has 0 aliphatic carbocycles. The van der Waals surface area contributed by atoms with Crippen LogP contribution in [0.4, 0.5) is 0 Å². The molecule has 1 fully saturated rings. The van der Waals surface area contributed by atoms with Crippen LogP contribution < -0.4 is 0 Å². The van der Waals surface area contributed by atoms with E-state index in [1.165, 1.54) is 0 Å². The number of rotatable bonds is 3. The zero-order chi connectivity index (χ0) is 16.7. The molecule has 24 heavy (non-hydrogen) atoms. The summed E-state index contributed by atoms with van der Waals surface area (Å²) in [4.78, 5) is 19.3. The van der Waals surface area contributed by atoms with Crippen LogP contribution in [0.15, 0.2) is 45.4 Å². The topological polar surface area (TPSA) is 59.5 Å². The van der Waals surface area contributed by atoms with Gasteiger partial charge in [0.1, 0.15) is 11.3 Å². The van der Waals surface area contributed by atoms with Gasteiger partial charge in [-0.25, -0.2) is 4.98 Å². The number of amides is 1. The van der Waals surface area contributed by atoms with Crippen LogP contribution in [0.3, 0.4) is 0 Å². The molecule has 1 aromatic carbocycles. The van der Waals surface area contributed by atoms with E-state index in [0.717, 1.165) is 36.2 Å². The Morgan fingerprint density at radius 2 is 2.21 bits per heavy atom. The summed E-state index contributed by atoms with van der Waals surface area (Å²) in [6.45, 7) is 4.82. The van der Waals surface area contributed by atoms with Crippen molar-refractivity contribution in [3.63, 3.8) is 0 Å². The molecule has 0 spiro atoms. The maximum Gasteiger partial charge on any atom is 0.254 e. The van der Waals surface area contributed by atoms with Crippen molar-refractivity contribution in [3.05, 3.63) is 53.8 Å². The van der Waals surface area contributed by atoms with Gasteiger partial charge in [0.2, 0.25) is 0 Å². The van der Waals surface area contributed by atoms with Crippen molar-refractivity contribution in [1.29, 1.82) is 0 Å². The van der Waals surface area contributed by atoms with Gasteiger partial charge in [-0.05, 0) is 43.2 Å². The lowest BCUT2D eigenvalue weighted by molar-refractivity contribution is 0.0720. The van der Waals surface area contributed by atoms with Gasteiger partial charge in [0.15, 0.2) is 11.5 Å². The molecule has 5 nitrogen and oxygen atoms in total. The third-order valence-corrected chi connectivity index (χ3v) is 4.53. The number of carbonyl (C=O) groups excluding carboxylic acids is 1. The predicted octanol–water partition coefficient (Wildman–Crippen LogP) is 4.52. The Balaban J connectivity index is 1.65. The Hall–Kier alpha value is -2.56. The third kappa shape index (κ3) is 2.50. The first-order chi connectivity index (χ1) is 11.6. The highest BCUT2D eigenvalue weighted by molar-refractivity contribution is 5.97. The van der Waals surface area contributed by atoms with E-state index in [2.05, 4.69) is 4.98 Å². The number of fused-ring (bicyclic) bond motifs is 1. The van der Waals surface area contributed by atoms with Gasteiger partial charge in [0.05, 0.1) is 12.3 Å². The highest BCUT2D eigenvalue weighted by Crippen LogP contribution is 2.33. The molecule has 0 unspecified atom stereocenters. The number of aromatic nitrogens is 1. The number of hydrogen-bond acceptors (Lipinski definition) is 4. The van der Waals surface area contributed by atoms with E-state index in [9.17, 15) is 4.79 Å². The Kier molecular flexibility index (Phi) is 3.63. The highest BCUT2D eigenvalue weighted by atomic mass is 16.3. The first-order valence-corrected chi connectivity index (χ1v) is 8.38. The maximum atomic E-state index is 13.0. The van der Waals surface area contributed by atoms with Crippen molar-refractivity contribution in [2.24, 2.45) is 0 Å². The van der Waals surface area contributed by atoms with Crippen LogP contribution in [-0.4, -0.2) is 22.3 Å². The molecule has 1 aliphatic heterocycles. The molecule has 0 bridgehead atoms. The van der Waals surface area contributed by atoms with Gasteiger partial charge in [0.25, 0.3) is 5.91 Å². The summed E-state index contributed by atoms with van der Waals surface area (Å²) in [6, 6.07) is 9.30. The van der Waals surface area contributed by atoms with E-state index in [1.807, 2.05) is 49.1 Å². The fourth-order valence-corrected chi connectivity index (χ4v) is 3.28. The number of furan rings is 1. The van der Waals surface area contributed by atoms with Gasteiger partial charge in [-0.2, -0.15) is 0 Å². The SMILES string of the molecule is CC(C)c1nc2cc(C(=O)N3CCC[C@H]3c3ccco3)ccc2o1. The van der Waals surface area contributed by atoms with Crippen molar-refractivity contribution < 1.29 is 13.6 Å². The molecule has 124 valence electrons. The molecule has 2 aromatic heterocycles. The van der Waals surface area contributed by atoms with Crippen LogP contribution in [0.1, 0.15) is 60.7 Å². The van der Waals surface area contributed by atoms with E-state index in [0.29, 0.717) is 11.5 Å². The third-order valence-electron chi connectivity index (χ3n) is 4.53. The first-order valence-electron chi connectivity index (χ1n) is 8.38. The summed E-state index contributed by atoms with van der Waals surface area (Å²) in [6.07, 6.45) is 3.58. The molecule has 0 saturated carbocycles. The zero-order valence-electron chi connectivity index (χ0n) is 13.9. The maximum absolute atomic E-state index is 13.0. The molecule has 1 aliphatic rings. The minimum atomic E-state index is 0.0184. The summed E-state index contributed by atoms with van der Waals surface area (Å²) in [5.41, 5.74) is 2.10. The Bertz CT molecular complexity index is 864. The summed E-state index contributed by atoms with van der Waals surface area (Å²) in [5.74, 6) is 1.79. The minimum absolute atomic E-state index is 0.0184. The summed E-state index contributed by atoms with van der Waals surface area (Å²) in [5, 5.41) is 0. The van der Waals surface area contributed by atoms with Gasteiger partial charge >= 0.3 is 0 Å². The molecular formula is C19H20N2O3. The van der Waals surface area contributed by atoms with Crippen molar-refractivity contribution in [2.45, 2.75) is 38.6 Å². The number of nitrogens with zero attached hydrogens (tertiary/aromatic N) is 2. The monoisotopic (exact) mass is 324 g/mol. The second-order valence-corrected chi connectivity index (χ2v) is 6.56. The standard InChI is InChI=1S/C19H20N2O3/c1-12(2)18-20-14-11-13(7-8-16(14)24-18)19(22)21-9-3-5-15(21)17-6-4-10-23-17/h4,6-8,10-12,15H,3,5,9H2,1-2H3/t15-/m0/s1. The van der Waals surface area contributed by atoms with Gasteiger partial charge in [-0.3, -0.25) is 4.79 Å². The van der Waals surface area contributed by atoms with Crippen LogP contribution in [0.25, 0.3) is 11.1 Å². The quantitative estimate of drug-likeness (QED) is 0.710. The predicted molar refractivity (Wildman–Crippen MR) is 89.8 cm³/mol. The lowest BCUT2D eigenvalue weighted by Crippen LogP contribution is -2.30. The number of likely N-dealkylation sites (tertiary alicyclic amines) is 1. The van der Waals surface area contributed by atoms with Crippen LogP contribution in [-0.2, 0) is 0 Å². The summed E-state index contributed by atoms with van der Waals surface area (Å²) in [7, 11) is 0. The van der Waals surface area contributed by atoms with E-state index in [1.54, 1.807) is 6.26 Å². The minimum Gasteiger partial charge on any atom is -0.467 e. The smallest absolute Gasteiger partial charge is 0.254 e. The van der Waals surface area contributed by atoms with E-state index < -0.39 is 0 Å². The Morgan fingerprint density at radius 1 is 1.33 bits per heavy atom. The molecule has 1 amide bonds. The largest absolute Gasteiger partial charge is 0.467 e. The van der Waals surface area contributed by atoms with Crippen LogP contribution >= 0.6 is 0 Å². The van der Waals surface area contributed by atoms with Crippen molar-refractivity contribution >= 4 is 17.0 Å². The molecule has 5 heteroatoms. The zero-order valence-corrected chi connectivity index (χ0v) is 13.9. The molecule has 3 heterocycles. The van der Waals surface area contributed by atoms with E-state index in [4.69, 9.17) is 8.83 Å². The average Bonchev–Trinajstić information content (AvgIpc) is 3.31. The molecule has 4 rings (SSSR count). The normalized spacial score (nSPS) is 18.0. The summed E-state index contributed by atoms with van der Waals surface area (Å²) >= 11 is 0. The van der Waals surface area contributed by atoms with Gasteiger partial charge < -0.3 is 13.7 Å². The van der Waals surface area contributed by atoms with Gasteiger partial charge in [-0.1, -0.05) is 13.8 Å². The number of benzene rings is 1. The molecule has 1 atom stereocenters. The number of carbonyl (C=O) groups is 1. The van der Waals surface area contributed by atoms with Crippen LogP contribution in [0.2, 0.25) is 0 Å². The highest BCUT2D eigenvalue weighted by Gasteiger charge is 2.32. The molecule has 3 aromatic rings. The number of hydrogen-bond donors (Lipinski definition) is 0. The average molecular weight is 324 g/mol. The molecule has 1 saturated heterocycles. The molecule has 0 radical (unpaired) electrons. The second-order valence-electron chi connectivity index (χ2n) is 6.56. The molecular weight excluding hydrogens is 304 g/mol. The second kappa shape index (κ2) is 5.82. The Labute approximate surface area is 140 Å². The molecule has 0 N–H and O–H groups in total. The first kappa shape index (κ1) is 15.0. The van der Waals surface area contributed by atoms with Crippen molar-refractivity contribution in [1.82, 2.24) is 9.88 Å². The fourth-order valence-electron chi connectivity index (χ4n) is 3.28. The fraction of sp³-hybridized carbons (Fsp3) is 0.368. The van der Waals surface area contributed by atoms with Crippen molar-refractivity contribution in [2.75, 3.05) is 6.54 Å². The van der Waals surface area contributed by atoms with Gasteiger partial charge in [-0.15, -0.1) is 0 Å². The van der Waals surface area contributed by atoms with Crippen LogP contribution in [0.5, 0.6) is 0 Å².